The lowest BCUT2D eigenvalue weighted by molar-refractivity contribution is -0.123. The summed E-state index contributed by atoms with van der Waals surface area (Å²) < 4.78 is 36.7. The Kier molecular flexibility index (Phi) is 5.99. The van der Waals surface area contributed by atoms with Crippen LogP contribution in [-0.2, 0) is 19.6 Å². The van der Waals surface area contributed by atoms with E-state index >= 15 is 0 Å². The van der Waals surface area contributed by atoms with E-state index in [1.54, 1.807) is 12.1 Å². The van der Waals surface area contributed by atoms with Crippen LogP contribution in [0.2, 0.25) is 10.0 Å². The van der Waals surface area contributed by atoms with Gasteiger partial charge in [0.1, 0.15) is 0 Å². The molecule has 0 spiro atoms. The van der Waals surface area contributed by atoms with E-state index in [4.69, 9.17) is 32.4 Å². The van der Waals surface area contributed by atoms with Gasteiger partial charge in [0.05, 0.1) is 15.7 Å². The van der Waals surface area contributed by atoms with E-state index < -0.39 is 33.1 Å². The molecular formula is C17H16Cl2N2O6S. The number of anilines is 1. The highest BCUT2D eigenvalue weighted by Gasteiger charge is 2.31. The van der Waals surface area contributed by atoms with Crippen LogP contribution in [-0.4, -0.2) is 32.4 Å². The lowest BCUT2D eigenvalue weighted by Crippen LogP contribution is -2.30. The Balaban J connectivity index is 1.62. The van der Waals surface area contributed by atoms with Gasteiger partial charge in [-0.1, -0.05) is 29.3 Å². The van der Waals surface area contributed by atoms with E-state index in [-0.39, 0.29) is 27.5 Å². The molecule has 28 heavy (non-hydrogen) atoms. The number of amides is 1. The summed E-state index contributed by atoms with van der Waals surface area (Å²) in [5.41, 5.74) is 0.264. The summed E-state index contributed by atoms with van der Waals surface area (Å²) in [6, 6.07) is 6.91. The Labute approximate surface area is 171 Å². The Hall–Kier alpha value is -2.07. The molecule has 1 fully saturated rings. The molecule has 0 bridgehead atoms. The van der Waals surface area contributed by atoms with Crippen LogP contribution in [0, 0.1) is 0 Å². The Bertz CT molecular complexity index is 1020. The molecule has 2 aromatic rings. The second-order valence-corrected chi connectivity index (χ2v) is 8.58. The minimum Gasteiger partial charge on any atom is -0.447 e. The number of rotatable bonds is 7. The third-order valence-corrected chi connectivity index (χ3v) is 6.02. The molecule has 1 unspecified atom stereocenters. The Morgan fingerprint density at radius 3 is 2.61 bits per heavy atom. The second kappa shape index (κ2) is 8.12. The van der Waals surface area contributed by atoms with E-state index in [1.165, 1.54) is 19.1 Å². The van der Waals surface area contributed by atoms with E-state index in [9.17, 15) is 18.0 Å². The lowest BCUT2D eigenvalue weighted by Gasteiger charge is -2.13. The van der Waals surface area contributed by atoms with E-state index in [2.05, 4.69) is 10.0 Å². The zero-order valence-corrected chi connectivity index (χ0v) is 16.9. The third kappa shape index (κ3) is 4.85. The molecule has 3 rings (SSSR count). The third-order valence-electron chi connectivity index (χ3n) is 3.81. The number of hydrogen-bond donors (Lipinski definition) is 2. The molecule has 150 valence electrons. The van der Waals surface area contributed by atoms with E-state index in [1.807, 2.05) is 0 Å². The summed E-state index contributed by atoms with van der Waals surface area (Å²) >= 11 is 11.9. The average Bonchev–Trinajstić information content (AvgIpc) is 3.27. The number of benzene rings is 1. The van der Waals surface area contributed by atoms with Crippen molar-refractivity contribution in [1.82, 2.24) is 4.72 Å². The minimum absolute atomic E-state index is 0.104. The summed E-state index contributed by atoms with van der Waals surface area (Å²) in [5.74, 6) is -1.96. The fourth-order valence-electron chi connectivity index (χ4n) is 2.16. The minimum atomic E-state index is -3.83. The monoisotopic (exact) mass is 446 g/mol. The number of hydrogen-bond acceptors (Lipinski definition) is 6. The molecule has 1 heterocycles. The molecule has 1 aromatic carbocycles. The van der Waals surface area contributed by atoms with Crippen LogP contribution in [0.3, 0.4) is 0 Å². The number of carbonyl (C=O) groups excluding carboxylic acids is 2. The van der Waals surface area contributed by atoms with Crippen LogP contribution in [0.4, 0.5) is 5.69 Å². The van der Waals surface area contributed by atoms with Crippen molar-refractivity contribution in [3.05, 3.63) is 46.1 Å². The number of esters is 1. The average molecular weight is 447 g/mol. The van der Waals surface area contributed by atoms with Gasteiger partial charge in [-0.2, -0.15) is 0 Å². The van der Waals surface area contributed by atoms with Crippen molar-refractivity contribution in [2.75, 3.05) is 5.32 Å². The number of ether oxygens (including phenoxy) is 1. The van der Waals surface area contributed by atoms with E-state index in [0.29, 0.717) is 0 Å². The van der Waals surface area contributed by atoms with Crippen molar-refractivity contribution < 1.29 is 27.2 Å². The van der Waals surface area contributed by atoms with Gasteiger partial charge < -0.3 is 14.5 Å². The fourth-order valence-corrected chi connectivity index (χ4v) is 3.74. The first kappa shape index (κ1) is 20.7. The molecule has 1 aliphatic carbocycles. The molecular weight excluding hydrogens is 431 g/mol. The quantitative estimate of drug-likeness (QED) is 0.630. The first-order valence-corrected chi connectivity index (χ1v) is 10.5. The topological polar surface area (TPSA) is 115 Å². The number of furan rings is 1. The van der Waals surface area contributed by atoms with Gasteiger partial charge in [0.2, 0.25) is 10.9 Å². The van der Waals surface area contributed by atoms with Crippen LogP contribution >= 0.6 is 23.2 Å². The molecule has 1 saturated carbocycles. The lowest BCUT2D eigenvalue weighted by atomic mass is 10.3. The zero-order chi connectivity index (χ0) is 20.5. The standard InChI is InChI=1S/C17H16Cl2N2O6S/c1-9(16(22)20-12-4-2-3-11(18)15(12)19)26-17(23)13-7-8-14(27-13)28(24,25)21-10-5-6-10/h2-4,7-10,21H,5-6H2,1H3,(H,20,22). The van der Waals surface area contributed by atoms with Crippen LogP contribution < -0.4 is 10.0 Å². The van der Waals surface area contributed by atoms with Crippen LogP contribution in [0.5, 0.6) is 0 Å². The molecule has 1 aliphatic rings. The van der Waals surface area contributed by atoms with Crippen molar-refractivity contribution in [2.24, 2.45) is 0 Å². The van der Waals surface area contributed by atoms with Gasteiger partial charge in [-0.15, -0.1) is 0 Å². The van der Waals surface area contributed by atoms with Crippen molar-refractivity contribution in [2.45, 2.75) is 37.0 Å². The molecule has 11 heteroatoms. The SMILES string of the molecule is CC(OC(=O)c1ccc(S(=O)(=O)NC2CC2)o1)C(=O)Nc1cccc(Cl)c1Cl. The smallest absolute Gasteiger partial charge is 0.375 e. The summed E-state index contributed by atoms with van der Waals surface area (Å²) in [7, 11) is -3.83. The number of halogens is 2. The highest BCUT2D eigenvalue weighted by Crippen LogP contribution is 2.29. The molecule has 2 N–H and O–H groups in total. The van der Waals surface area contributed by atoms with Crippen LogP contribution in [0.15, 0.2) is 39.8 Å². The van der Waals surface area contributed by atoms with Gasteiger partial charge in [-0.05, 0) is 44.0 Å². The highest BCUT2D eigenvalue weighted by atomic mass is 35.5. The molecule has 0 aliphatic heterocycles. The first-order chi connectivity index (χ1) is 13.2. The molecule has 1 amide bonds. The van der Waals surface area contributed by atoms with Crippen molar-refractivity contribution >= 4 is 50.8 Å². The second-order valence-electron chi connectivity index (χ2n) is 6.15. The summed E-state index contributed by atoms with van der Waals surface area (Å²) in [5, 5.41) is 2.51. The Morgan fingerprint density at radius 1 is 1.21 bits per heavy atom. The normalized spacial score (nSPS) is 15.1. The number of carbonyl (C=O) groups is 2. The van der Waals surface area contributed by atoms with Crippen LogP contribution in [0.25, 0.3) is 0 Å². The molecule has 0 radical (unpaired) electrons. The predicted octanol–water partition coefficient (Wildman–Crippen LogP) is 3.21. The fraction of sp³-hybridized carbons (Fsp3) is 0.294. The van der Waals surface area contributed by atoms with Crippen molar-refractivity contribution in [1.29, 1.82) is 0 Å². The molecule has 0 saturated heterocycles. The van der Waals surface area contributed by atoms with Crippen molar-refractivity contribution in [3.8, 4) is 0 Å². The van der Waals surface area contributed by atoms with Gasteiger partial charge >= 0.3 is 5.97 Å². The van der Waals surface area contributed by atoms with E-state index in [0.717, 1.165) is 18.9 Å². The molecule has 1 aromatic heterocycles. The number of sulfonamides is 1. The highest BCUT2D eigenvalue weighted by molar-refractivity contribution is 7.89. The van der Waals surface area contributed by atoms with Gasteiger partial charge in [-0.25, -0.2) is 17.9 Å². The van der Waals surface area contributed by atoms with Gasteiger partial charge in [-0.3, -0.25) is 4.79 Å². The maximum atomic E-state index is 12.2. The van der Waals surface area contributed by atoms with Crippen LogP contribution in [0.1, 0.15) is 30.3 Å². The molecule has 1 atom stereocenters. The summed E-state index contributed by atoms with van der Waals surface area (Å²) in [4.78, 5) is 24.4. The molecule has 8 nitrogen and oxygen atoms in total. The van der Waals surface area contributed by atoms with Gasteiger partial charge in [0.25, 0.3) is 15.9 Å². The Morgan fingerprint density at radius 2 is 1.93 bits per heavy atom. The summed E-state index contributed by atoms with van der Waals surface area (Å²) in [6.45, 7) is 1.35. The maximum Gasteiger partial charge on any atom is 0.375 e. The predicted molar refractivity (Wildman–Crippen MR) is 102 cm³/mol. The maximum absolute atomic E-state index is 12.2. The number of nitrogens with one attached hydrogen (secondary N) is 2. The largest absolute Gasteiger partial charge is 0.447 e. The van der Waals surface area contributed by atoms with Crippen molar-refractivity contribution in [3.63, 3.8) is 0 Å². The van der Waals surface area contributed by atoms with Gasteiger partial charge in [0.15, 0.2) is 6.10 Å². The van der Waals surface area contributed by atoms with Gasteiger partial charge in [0, 0.05) is 6.04 Å². The first-order valence-electron chi connectivity index (χ1n) is 8.25. The summed E-state index contributed by atoms with van der Waals surface area (Å²) in [6.07, 6.45) is 0.327. The zero-order valence-electron chi connectivity index (χ0n) is 14.6.